The highest BCUT2D eigenvalue weighted by atomic mass is 79.9. The molecule has 3 aliphatic heterocycles. The fourth-order valence-electron chi connectivity index (χ4n) is 6.04. The molecule has 0 saturated carbocycles. The summed E-state index contributed by atoms with van der Waals surface area (Å²) in [4.78, 5) is 30.5. The van der Waals surface area contributed by atoms with Crippen LogP contribution in [0.1, 0.15) is 22.6 Å². The van der Waals surface area contributed by atoms with Gasteiger partial charge in [-0.15, -0.1) is 11.8 Å². The largest absolute Gasteiger partial charge is 0.324 e. The average molecular weight is 610 g/mol. The van der Waals surface area contributed by atoms with Gasteiger partial charge in [0.05, 0.1) is 5.92 Å². The Hall–Kier alpha value is -2.19. The first-order valence-electron chi connectivity index (χ1n) is 11.5. The third-order valence-corrected chi connectivity index (χ3v) is 9.91. The molecule has 35 heavy (non-hydrogen) atoms. The Bertz CT molecular complexity index is 1380. The SMILES string of the molecule is O=C(/C=C/c1ccccc1Br)[C@@H]1[C@@H](c2ccccc2Br)[C@@H]2CSCN2C12C(=O)Nc1ccccc12. The van der Waals surface area contributed by atoms with E-state index in [1.807, 2.05) is 84.6 Å². The molecular weight excluding hydrogens is 588 g/mol. The van der Waals surface area contributed by atoms with Gasteiger partial charge in [0.25, 0.3) is 0 Å². The van der Waals surface area contributed by atoms with Gasteiger partial charge in [-0.05, 0) is 35.4 Å². The Balaban J connectivity index is 1.55. The van der Waals surface area contributed by atoms with Gasteiger partial charge in [-0.25, -0.2) is 0 Å². The minimum Gasteiger partial charge on any atom is -0.324 e. The van der Waals surface area contributed by atoms with Crippen LogP contribution in [-0.4, -0.2) is 34.3 Å². The Morgan fingerprint density at radius 3 is 2.51 bits per heavy atom. The second kappa shape index (κ2) is 9.04. The van der Waals surface area contributed by atoms with E-state index in [1.54, 1.807) is 6.08 Å². The van der Waals surface area contributed by atoms with E-state index >= 15 is 0 Å². The number of fused-ring (bicyclic) bond motifs is 4. The van der Waals surface area contributed by atoms with E-state index in [9.17, 15) is 9.59 Å². The molecule has 0 aliphatic carbocycles. The number of ketones is 1. The summed E-state index contributed by atoms with van der Waals surface area (Å²) in [6.07, 6.45) is 3.52. The maximum Gasteiger partial charge on any atom is 0.250 e. The van der Waals surface area contributed by atoms with Gasteiger partial charge in [-0.3, -0.25) is 14.5 Å². The number of carbonyl (C=O) groups is 2. The Labute approximate surface area is 225 Å². The lowest BCUT2D eigenvalue weighted by Crippen LogP contribution is -2.52. The molecule has 3 heterocycles. The van der Waals surface area contributed by atoms with Crippen LogP contribution in [0.4, 0.5) is 5.69 Å². The highest BCUT2D eigenvalue weighted by Crippen LogP contribution is 2.61. The lowest BCUT2D eigenvalue weighted by molar-refractivity contribution is -0.134. The number of thioether (sulfide) groups is 1. The number of hydrogen-bond acceptors (Lipinski definition) is 4. The maximum atomic E-state index is 14.2. The quantitative estimate of drug-likeness (QED) is 0.346. The Morgan fingerprint density at radius 1 is 1.00 bits per heavy atom. The molecule has 3 aromatic carbocycles. The molecule has 1 spiro atoms. The van der Waals surface area contributed by atoms with Crippen LogP contribution in [0.2, 0.25) is 0 Å². The summed E-state index contributed by atoms with van der Waals surface area (Å²) in [6, 6.07) is 23.8. The zero-order valence-electron chi connectivity index (χ0n) is 18.7. The number of nitrogens with one attached hydrogen (secondary N) is 1. The van der Waals surface area contributed by atoms with Crippen molar-refractivity contribution in [2.24, 2.45) is 5.92 Å². The van der Waals surface area contributed by atoms with Crippen LogP contribution in [0.15, 0.2) is 87.8 Å². The van der Waals surface area contributed by atoms with E-state index in [4.69, 9.17) is 0 Å². The van der Waals surface area contributed by atoms with Crippen molar-refractivity contribution in [3.8, 4) is 0 Å². The molecule has 3 aromatic rings. The summed E-state index contributed by atoms with van der Waals surface area (Å²) in [5.74, 6) is 0.760. The number of hydrogen-bond donors (Lipinski definition) is 1. The van der Waals surface area contributed by atoms with Crippen LogP contribution in [-0.2, 0) is 15.1 Å². The molecule has 2 saturated heterocycles. The van der Waals surface area contributed by atoms with Crippen molar-refractivity contribution >= 4 is 67.1 Å². The molecule has 7 heteroatoms. The number of benzene rings is 3. The lowest BCUT2D eigenvalue weighted by atomic mass is 9.70. The number of rotatable bonds is 4. The third kappa shape index (κ3) is 3.50. The molecule has 0 bridgehead atoms. The van der Waals surface area contributed by atoms with E-state index in [1.165, 1.54) is 0 Å². The van der Waals surface area contributed by atoms with Crippen molar-refractivity contribution < 1.29 is 9.59 Å². The Morgan fingerprint density at radius 2 is 1.71 bits per heavy atom. The number of para-hydroxylation sites is 1. The summed E-state index contributed by atoms with van der Waals surface area (Å²) in [7, 11) is 0. The molecule has 0 aromatic heterocycles. The number of allylic oxidation sites excluding steroid dienone is 1. The van der Waals surface area contributed by atoms with Crippen LogP contribution in [0.25, 0.3) is 6.08 Å². The minimum absolute atomic E-state index is 0.0345. The molecule has 4 atom stereocenters. The van der Waals surface area contributed by atoms with Gasteiger partial charge in [0, 0.05) is 43.8 Å². The fourth-order valence-corrected chi connectivity index (χ4v) is 8.33. The number of anilines is 1. The van der Waals surface area contributed by atoms with Crippen LogP contribution in [0.5, 0.6) is 0 Å². The highest BCUT2D eigenvalue weighted by molar-refractivity contribution is 9.10. The van der Waals surface area contributed by atoms with Crippen molar-refractivity contribution in [2.45, 2.75) is 17.5 Å². The van der Waals surface area contributed by atoms with Crippen LogP contribution in [0.3, 0.4) is 0 Å². The van der Waals surface area contributed by atoms with E-state index in [-0.39, 0.29) is 23.7 Å². The second-order valence-corrected chi connectivity index (χ2v) is 11.8. The number of amides is 1. The van der Waals surface area contributed by atoms with Gasteiger partial charge in [-0.2, -0.15) is 0 Å². The van der Waals surface area contributed by atoms with Crippen molar-refractivity contribution in [3.05, 3.63) is 105 Å². The topological polar surface area (TPSA) is 49.4 Å². The number of nitrogens with zero attached hydrogens (tertiary/aromatic N) is 1. The van der Waals surface area contributed by atoms with Crippen LogP contribution in [0, 0.1) is 5.92 Å². The molecule has 1 amide bonds. The standard InChI is InChI=1S/C28H22Br2N2O2S/c29-20-10-4-1-7-17(20)13-14-24(33)26-25(18-8-2-5-11-21(18)30)23-15-35-16-32(23)28(26)19-9-3-6-12-22(19)31-27(28)34/h1-14,23,25-26H,15-16H2,(H,31,34)/b14-13+/t23-,25-,26+,28?/m0/s1. The monoisotopic (exact) mass is 608 g/mol. The van der Waals surface area contributed by atoms with Crippen LogP contribution < -0.4 is 5.32 Å². The van der Waals surface area contributed by atoms with E-state index in [0.29, 0.717) is 5.88 Å². The normalized spacial score (nSPS) is 27.4. The molecule has 2 fully saturated rings. The van der Waals surface area contributed by atoms with E-state index in [0.717, 1.165) is 37.1 Å². The average Bonchev–Trinajstić information content (AvgIpc) is 3.52. The summed E-state index contributed by atoms with van der Waals surface area (Å²) in [5, 5.41) is 3.11. The van der Waals surface area contributed by atoms with E-state index in [2.05, 4.69) is 48.1 Å². The highest BCUT2D eigenvalue weighted by Gasteiger charge is 2.69. The van der Waals surface area contributed by atoms with Gasteiger partial charge in [-0.1, -0.05) is 92.5 Å². The van der Waals surface area contributed by atoms with Crippen molar-refractivity contribution in [2.75, 3.05) is 16.9 Å². The minimum atomic E-state index is -1.04. The molecular formula is C28H22Br2N2O2S. The van der Waals surface area contributed by atoms with Gasteiger partial charge < -0.3 is 5.32 Å². The van der Waals surface area contributed by atoms with Crippen molar-refractivity contribution in [1.29, 1.82) is 0 Å². The first kappa shape index (κ1) is 23.2. The second-order valence-electron chi connectivity index (χ2n) is 9.09. The first-order chi connectivity index (χ1) is 17.0. The smallest absolute Gasteiger partial charge is 0.250 e. The number of carbonyl (C=O) groups excluding carboxylic acids is 2. The molecule has 1 unspecified atom stereocenters. The lowest BCUT2D eigenvalue weighted by Gasteiger charge is -2.36. The fraction of sp³-hybridized carbons (Fsp3) is 0.214. The zero-order valence-corrected chi connectivity index (χ0v) is 22.6. The zero-order chi connectivity index (χ0) is 24.2. The molecule has 0 radical (unpaired) electrons. The van der Waals surface area contributed by atoms with Gasteiger partial charge in [0.2, 0.25) is 5.91 Å². The Kier molecular flexibility index (Phi) is 6.00. The van der Waals surface area contributed by atoms with Crippen LogP contribution >= 0.6 is 43.6 Å². The summed E-state index contributed by atoms with van der Waals surface area (Å²) in [5.41, 5.74) is 2.66. The third-order valence-electron chi connectivity index (χ3n) is 7.43. The molecule has 176 valence electrons. The van der Waals surface area contributed by atoms with Crippen molar-refractivity contribution in [1.82, 2.24) is 4.90 Å². The molecule has 3 aliphatic rings. The van der Waals surface area contributed by atoms with Gasteiger partial charge in [0.15, 0.2) is 5.78 Å². The summed E-state index contributed by atoms with van der Waals surface area (Å²) in [6.45, 7) is 0. The predicted molar refractivity (Wildman–Crippen MR) is 148 cm³/mol. The molecule has 1 N–H and O–H groups in total. The van der Waals surface area contributed by atoms with Gasteiger partial charge >= 0.3 is 0 Å². The summed E-state index contributed by atoms with van der Waals surface area (Å²) >= 11 is 9.15. The molecule has 6 rings (SSSR count). The van der Waals surface area contributed by atoms with Crippen molar-refractivity contribution in [3.63, 3.8) is 0 Å². The summed E-state index contributed by atoms with van der Waals surface area (Å²) < 4.78 is 1.90. The maximum absolute atomic E-state index is 14.2. The predicted octanol–water partition coefficient (Wildman–Crippen LogP) is 6.43. The first-order valence-corrected chi connectivity index (χ1v) is 14.2. The number of halogens is 2. The van der Waals surface area contributed by atoms with Gasteiger partial charge in [0.1, 0.15) is 5.54 Å². The van der Waals surface area contributed by atoms with E-state index < -0.39 is 11.5 Å². The molecule has 4 nitrogen and oxygen atoms in total.